The second-order valence-electron chi connectivity index (χ2n) is 9.95. The van der Waals surface area contributed by atoms with E-state index in [0.717, 1.165) is 44.3 Å². The molecule has 2 amide bonds. The smallest absolute Gasteiger partial charge is 0.272 e. The van der Waals surface area contributed by atoms with Gasteiger partial charge in [-0.15, -0.1) is 0 Å². The molecule has 34 heavy (non-hydrogen) atoms. The van der Waals surface area contributed by atoms with Crippen molar-refractivity contribution in [3.63, 3.8) is 0 Å². The summed E-state index contributed by atoms with van der Waals surface area (Å²) in [7, 11) is 0. The number of carbonyl (C=O) groups excluding carboxylic acids is 2. The first-order valence-electron chi connectivity index (χ1n) is 12.8. The third-order valence-electron chi connectivity index (χ3n) is 7.31. The molecule has 1 aromatic heterocycles. The Labute approximate surface area is 202 Å². The third kappa shape index (κ3) is 5.45. The van der Waals surface area contributed by atoms with Gasteiger partial charge in [-0.05, 0) is 70.1 Å². The molecule has 0 saturated carbocycles. The zero-order valence-corrected chi connectivity index (χ0v) is 20.6. The summed E-state index contributed by atoms with van der Waals surface area (Å²) in [4.78, 5) is 28.4. The van der Waals surface area contributed by atoms with Crippen LogP contribution < -0.4 is 10.1 Å². The molecule has 1 spiro atoms. The van der Waals surface area contributed by atoms with E-state index in [1.54, 1.807) is 16.9 Å². The van der Waals surface area contributed by atoms with E-state index in [9.17, 15) is 9.59 Å². The molecule has 0 atom stereocenters. The lowest BCUT2D eigenvalue weighted by atomic mass is 9.73. The molecule has 2 aliphatic rings. The third-order valence-corrected chi connectivity index (χ3v) is 7.31. The van der Waals surface area contributed by atoms with Crippen LogP contribution in [0, 0.1) is 5.41 Å². The van der Waals surface area contributed by atoms with Gasteiger partial charge in [-0.3, -0.25) is 14.3 Å². The number of para-hydroxylation sites is 1. The van der Waals surface area contributed by atoms with Crippen LogP contribution in [-0.2, 0) is 11.2 Å². The van der Waals surface area contributed by atoms with Crippen LogP contribution in [0.4, 0.5) is 0 Å². The number of nitrogens with one attached hydrogen (secondary N) is 1. The van der Waals surface area contributed by atoms with Crippen molar-refractivity contribution in [2.75, 3.05) is 26.2 Å². The molecule has 7 nitrogen and oxygen atoms in total. The minimum atomic E-state index is -0.391. The van der Waals surface area contributed by atoms with Crippen molar-refractivity contribution in [2.45, 2.75) is 71.3 Å². The van der Waals surface area contributed by atoms with Gasteiger partial charge in [-0.2, -0.15) is 5.10 Å². The normalized spacial score (nSPS) is 19.7. The number of aromatic nitrogens is 2. The van der Waals surface area contributed by atoms with E-state index in [4.69, 9.17) is 4.74 Å². The number of hydrogen-bond donors (Lipinski definition) is 1. The molecular weight excluding hydrogens is 428 g/mol. The molecule has 184 valence electrons. The number of amides is 2. The maximum atomic E-state index is 13.3. The number of aryl methyl sites for hydroxylation is 1. The molecule has 0 radical (unpaired) electrons. The highest BCUT2D eigenvalue weighted by atomic mass is 16.5. The molecule has 1 saturated heterocycles. The SMILES string of the molecule is CC(C)n1nccc1C(=O)N1CCC2(CCCCCc3ccccc3OCCCNC2=O)CC1. The quantitative estimate of drug-likeness (QED) is 0.712. The van der Waals surface area contributed by atoms with Crippen molar-refractivity contribution < 1.29 is 14.3 Å². The molecular formula is C27H38N4O3. The number of carbonyl (C=O) groups is 2. The van der Waals surface area contributed by atoms with E-state index in [-0.39, 0.29) is 17.9 Å². The van der Waals surface area contributed by atoms with E-state index in [0.29, 0.717) is 44.8 Å². The first-order valence-corrected chi connectivity index (χ1v) is 12.8. The summed E-state index contributed by atoms with van der Waals surface area (Å²) in [6.07, 6.45) is 8.95. The highest BCUT2D eigenvalue weighted by Crippen LogP contribution is 2.38. The predicted molar refractivity (Wildman–Crippen MR) is 132 cm³/mol. The Morgan fingerprint density at radius 1 is 1.06 bits per heavy atom. The van der Waals surface area contributed by atoms with Crippen LogP contribution in [0.1, 0.15) is 80.9 Å². The molecule has 1 aromatic carbocycles. The summed E-state index contributed by atoms with van der Waals surface area (Å²) in [5, 5.41) is 7.49. The minimum absolute atomic E-state index is 0.0122. The highest BCUT2D eigenvalue weighted by molar-refractivity contribution is 5.93. The number of benzene rings is 1. The highest BCUT2D eigenvalue weighted by Gasteiger charge is 2.42. The maximum absolute atomic E-state index is 13.3. The average Bonchev–Trinajstić information content (AvgIpc) is 3.34. The van der Waals surface area contributed by atoms with Gasteiger partial charge >= 0.3 is 0 Å². The fourth-order valence-corrected chi connectivity index (χ4v) is 5.24. The zero-order chi connectivity index (χ0) is 24.0. The second kappa shape index (κ2) is 11.1. The lowest BCUT2D eigenvalue weighted by Crippen LogP contribution is -2.50. The van der Waals surface area contributed by atoms with Crippen molar-refractivity contribution >= 4 is 11.8 Å². The maximum Gasteiger partial charge on any atom is 0.272 e. The standard InChI is InChI=1S/C27H38N4O3/c1-21(2)31-23(12-17-29-31)25(32)30-18-14-27(15-19-30)13-7-3-4-9-22-10-5-6-11-24(22)34-20-8-16-28-26(27)33/h5-6,10-12,17,21H,3-4,7-9,13-16,18-20H2,1-2H3,(H,28,33). The Morgan fingerprint density at radius 3 is 2.65 bits per heavy atom. The first kappa shape index (κ1) is 24.3. The fourth-order valence-electron chi connectivity index (χ4n) is 5.24. The summed E-state index contributed by atoms with van der Waals surface area (Å²) in [5.74, 6) is 1.13. The van der Waals surface area contributed by atoms with Gasteiger partial charge in [0.2, 0.25) is 5.91 Å². The molecule has 1 N–H and O–H groups in total. The summed E-state index contributed by atoms with van der Waals surface area (Å²) in [6.45, 7) is 6.46. The Bertz CT molecular complexity index is 976. The Morgan fingerprint density at radius 2 is 1.85 bits per heavy atom. The molecule has 3 heterocycles. The first-order chi connectivity index (χ1) is 16.5. The number of rotatable bonds is 2. The largest absolute Gasteiger partial charge is 0.493 e. The van der Waals surface area contributed by atoms with Crippen LogP contribution in [0.5, 0.6) is 5.75 Å². The van der Waals surface area contributed by atoms with Crippen molar-refractivity contribution in [1.29, 1.82) is 0 Å². The summed E-state index contributed by atoms with van der Waals surface area (Å²) in [5.41, 5.74) is 1.50. The van der Waals surface area contributed by atoms with Gasteiger partial charge in [0, 0.05) is 31.9 Å². The number of likely N-dealkylation sites (tertiary alicyclic amines) is 1. The zero-order valence-electron chi connectivity index (χ0n) is 20.6. The van der Waals surface area contributed by atoms with Gasteiger partial charge in [-0.25, -0.2) is 0 Å². The topological polar surface area (TPSA) is 76.5 Å². The van der Waals surface area contributed by atoms with Gasteiger partial charge in [0.05, 0.1) is 12.0 Å². The monoisotopic (exact) mass is 466 g/mol. The fraction of sp³-hybridized carbons (Fsp3) is 0.593. The molecule has 0 aliphatic carbocycles. The van der Waals surface area contributed by atoms with E-state index < -0.39 is 5.41 Å². The Balaban J connectivity index is 1.40. The second-order valence-corrected chi connectivity index (χ2v) is 9.95. The lowest BCUT2D eigenvalue weighted by molar-refractivity contribution is -0.134. The number of ether oxygens (including phenoxy) is 1. The van der Waals surface area contributed by atoms with Gasteiger partial charge in [0.15, 0.2) is 0 Å². The van der Waals surface area contributed by atoms with Crippen LogP contribution in [0.25, 0.3) is 0 Å². The molecule has 0 unspecified atom stereocenters. The molecule has 7 heteroatoms. The summed E-state index contributed by atoms with van der Waals surface area (Å²) < 4.78 is 7.78. The van der Waals surface area contributed by atoms with E-state index in [1.165, 1.54) is 5.56 Å². The summed E-state index contributed by atoms with van der Waals surface area (Å²) in [6, 6.07) is 10.2. The van der Waals surface area contributed by atoms with E-state index in [2.05, 4.69) is 22.5 Å². The van der Waals surface area contributed by atoms with Crippen LogP contribution in [-0.4, -0.2) is 52.7 Å². The number of hydrogen-bond acceptors (Lipinski definition) is 4. The van der Waals surface area contributed by atoms with Gasteiger partial charge in [0.1, 0.15) is 11.4 Å². The molecule has 2 aromatic rings. The molecule has 4 rings (SSSR count). The number of nitrogens with zero attached hydrogens (tertiary/aromatic N) is 3. The molecule has 2 aliphatic heterocycles. The van der Waals surface area contributed by atoms with E-state index >= 15 is 0 Å². The van der Waals surface area contributed by atoms with Crippen LogP contribution >= 0.6 is 0 Å². The summed E-state index contributed by atoms with van der Waals surface area (Å²) >= 11 is 0. The number of fused-ring (bicyclic) bond motifs is 1. The molecule has 0 bridgehead atoms. The van der Waals surface area contributed by atoms with Gasteiger partial charge in [0.25, 0.3) is 5.91 Å². The minimum Gasteiger partial charge on any atom is -0.493 e. The van der Waals surface area contributed by atoms with Crippen molar-refractivity contribution in [1.82, 2.24) is 20.0 Å². The van der Waals surface area contributed by atoms with Crippen LogP contribution in [0.3, 0.4) is 0 Å². The van der Waals surface area contributed by atoms with Crippen molar-refractivity contribution in [3.8, 4) is 5.75 Å². The van der Waals surface area contributed by atoms with Crippen LogP contribution in [0.2, 0.25) is 0 Å². The Kier molecular flexibility index (Phi) is 7.91. The predicted octanol–water partition coefficient (Wildman–Crippen LogP) is 4.39. The Hall–Kier alpha value is -2.83. The van der Waals surface area contributed by atoms with Crippen molar-refractivity contribution in [2.24, 2.45) is 5.41 Å². The number of piperidine rings is 1. The van der Waals surface area contributed by atoms with Crippen LogP contribution in [0.15, 0.2) is 36.5 Å². The van der Waals surface area contributed by atoms with Gasteiger partial charge < -0.3 is 15.0 Å². The lowest BCUT2D eigenvalue weighted by Gasteiger charge is -2.41. The van der Waals surface area contributed by atoms with Gasteiger partial charge in [-0.1, -0.05) is 31.0 Å². The average molecular weight is 467 g/mol. The van der Waals surface area contributed by atoms with E-state index in [1.807, 2.05) is 30.9 Å². The molecule has 1 fully saturated rings. The van der Waals surface area contributed by atoms with Crippen molar-refractivity contribution in [3.05, 3.63) is 47.8 Å².